The summed E-state index contributed by atoms with van der Waals surface area (Å²) in [6.45, 7) is 14.0. The van der Waals surface area contributed by atoms with Gasteiger partial charge >= 0.3 is 0 Å². The predicted octanol–water partition coefficient (Wildman–Crippen LogP) is 2.64. The average Bonchev–Trinajstić information content (AvgIpc) is 2.59. The van der Waals surface area contributed by atoms with Crippen LogP contribution in [0, 0.1) is 23.2 Å². The van der Waals surface area contributed by atoms with E-state index in [-0.39, 0.29) is 11.3 Å². The monoisotopic (exact) mass is 281 g/mol. The number of fused-ring (bicyclic) bond motifs is 1. The van der Waals surface area contributed by atoms with E-state index in [1.54, 1.807) is 0 Å². The van der Waals surface area contributed by atoms with Crippen LogP contribution >= 0.6 is 0 Å². The van der Waals surface area contributed by atoms with Crippen molar-refractivity contribution < 1.29 is 9.22 Å². The lowest BCUT2D eigenvalue weighted by Crippen LogP contribution is -2.63. The molecule has 19 heavy (non-hydrogen) atoms. The molecule has 2 rings (SSSR count). The number of hydrogen-bond acceptors (Lipinski definition) is 2. The molecule has 0 aromatic rings. The lowest BCUT2D eigenvalue weighted by atomic mass is 9.65. The highest BCUT2D eigenvalue weighted by Gasteiger charge is 2.56. The zero-order chi connectivity index (χ0) is 14.4. The van der Waals surface area contributed by atoms with Gasteiger partial charge in [-0.2, -0.15) is 0 Å². The summed E-state index contributed by atoms with van der Waals surface area (Å²) in [5.41, 5.74) is 0.109. The highest BCUT2D eigenvalue weighted by molar-refractivity contribution is 6.48. The largest absolute Gasteiger partial charge is 0.420 e. The minimum absolute atomic E-state index is 0.109. The van der Waals surface area contributed by atoms with Gasteiger partial charge < -0.3 is 9.33 Å². The Balaban J connectivity index is 2.13. The van der Waals surface area contributed by atoms with Crippen LogP contribution in [0.2, 0.25) is 13.1 Å². The number of hydrogen-bond donors (Lipinski definition) is 0. The Kier molecular flexibility index (Phi) is 3.94. The summed E-state index contributed by atoms with van der Waals surface area (Å²) in [5, 5.41) is 0. The van der Waals surface area contributed by atoms with Gasteiger partial charge in [-0.1, -0.05) is 33.8 Å². The van der Waals surface area contributed by atoms with E-state index < -0.39 is 9.04 Å². The Morgan fingerprint density at radius 3 is 2.58 bits per heavy atom. The van der Waals surface area contributed by atoms with Crippen LogP contribution in [0.15, 0.2) is 12.3 Å². The molecular weight excluding hydrogens is 254 g/mol. The second-order valence-electron chi connectivity index (χ2n) is 7.32. The molecule has 2 aliphatic rings. The summed E-state index contributed by atoms with van der Waals surface area (Å²) < 4.78 is 5.97. The van der Waals surface area contributed by atoms with Gasteiger partial charge in [-0.3, -0.25) is 4.79 Å². The lowest BCUT2D eigenvalue weighted by molar-refractivity contribution is -0.160. The zero-order valence-corrected chi connectivity index (χ0v) is 14.2. The molecule has 4 heteroatoms. The van der Waals surface area contributed by atoms with Crippen molar-refractivity contribution in [3.8, 4) is 0 Å². The zero-order valence-electron chi connectivity index (χ0n) is 13.0. The summed E-state index contributed by atoms with van der Waals surface area (Å²) in [4.78, 5) is 14.3. The maximum absolute atomic E-state index is 12.4. The first kappa shape index (κ1) is 14.8. The van der Waals surface area contributed by atoms with Crippen molar-refractivity contribution in [2.24, 2.45) is 23.2 Å². The molecule has 1 amide bonds. The first-order valence-corrected chi connectivity index (χ1v) is 10.1. The summed E-state index contributed by atoms with van der Waals surface area (Å²) in [6.07, 6.45) is 4.12. The molecule has 0 aromatic heterocycles. The van der Waals surface area contributed by atoms with Crippen LogP contribution in [0.1, 0.15) is 27.7 Å². The Hall–Kier alpha value is -0.613. The van der Waals surface area contributed by atoms with Crippen LogP contribution in [-0.2, 0) is 9.22 Å². The number of nitrogens with zero attached hydrogens (tertiary/aromatic N) is 1. The third-order valence-corrected chi connectivity index (χ3v) is 5.33. The predicted molar refractivity (Wildman–Crippen MR) is 80.2 cm³/mol. The fraction of sp³-hybridized carbons (Fsp3) is 0.800. The number of β-lactam (4-membered cyclic amide) rings is 1. The van der Waals surface area contributed by atoms with Gasteiger partial charge in [-0.15, -0.1) is 0 Å². The van der Waals surface area contributed by atoms with Crippen molar-refractivity contribution in [2.75, 3.05) is 6.61 Å². The normalized spacial score (nSPS) is 31.6. The van der Waals surface area contributed by atoms with Crippen LogP contribution in [0.25, 0.3) is 0 Å². The second-order valence-corrected chi connectivity index (χ2v) is 9.75. The molecular formula is C15H27NO2Si. The molecule has 1 saturated heterocycles. The van der Waals surface area contributed by atoms with Crippen molar-refractivity contribution in [2.45, 2.75) is 46.8 Å². The average molecular weight is 281 g/mol. The van der Waals surface area contributed by atoms with E-state index in [4.69, 9.17) is 4.43 Å². The Labute approximate surface area is 118 Å². The van der Waals surface area contributed by atoms with Gasteiger partial charge in [-0.05, 0) is 30.3 Å². The van der Waals surface area contributed by atoms with Crippen molar-refractivity contribution in [3.63, 3.8) is 0 Å². The minimum Gasteiger partial charge on any atom is -0.420 e. The van der Waals surface area contributed by atoms with E-state index in [0.29, 0.717) is 23.8 Å². The molecule has 0 radical (unpaired) electrons. The van der Waals surface area contributed by atoms with Crippen molar-refractivity contribution in [3.05, 3.63) is 12.3 Å². The summed E-state index contributed by atoms with van der Waals surface area (Å²) in [7, 11) is -1.03. The fourth-order valence-electron chi connectivity index (χ4n) is 3.25. The third-order valence-electron chi connectivity index (χ3n) is 4.47. The van der Waals surface area contributed by atoms with E-state index in [1.807, 2.05) is 11.1 Å². The number of rotatable bonds is 4. The molecule has 2 heterocycles. The van der Waals surface area contributed by atoms with Gasteiger partial charge in [0.15, 0.2) is 9.04 Å². The summed E-state index contributed by atoms with van der Waals surface area (Å²) >= 11 is 0. The molecule has 0 saturated carbocycles. The Morgan fingerprint density at radius 2 is 2.05 bits per heavy atom. The first-order chi connectivity index (χ1) is 8.73. The maximum Gasteiger partial charge on any atom is 0.232 e. The standard InChI is InChI=1S/C15H27NO2Si/c1-10-7-8-16-13(10)12(14(16)17)11(15(2,3)4)9-18-19(5)6/h7-8,10-13,19H,9H2,1-6H3/t10?,11-,12?,13?/m1/s1. The molecule has 0 spiro atoms. The van der Waals surface area contributed by atoms with Crippen LogP contribution in [0.3, 0.4) is 0 Å². The molecule has 108 valence electrons. The highest BCUT2D eigenvalue weighted by atomic mass is 28.3. The lowest BCUT2D eigenvalue weighted by Gasteiger charge is -2.51. The van der Waals surface area contributed by atoms with Crippen molar-refractivity contribution in [1.82, 2.24) is 4.90 Å². The second kappa shape index (κ2) is 5.06. The van der Waals surface area contributed by atoms with E-state index in [1.165, 1.54) is 0 Å². The van der Waals surface area contributed by atoms with Crippen LogP contribution < -0.4 is 0 Å². The highest BCUT2D eigenvalue weighted by Crippen LogP contribution is 2.47. The topological polar surface area (TPSA) is 29.5 Å². The van der Waals surface area contributed by atoms with Crippen LogP contribution in [-0.4, -0.2) is 32.5 Å². The molecule has 0 bridgehead atoms. The summed E-state index contributed by atoms with van der Waals surface area (Å²) in [6, 6.07) is 0.370. The van der Waals surface area contributed by atoms with Gasteiger partial charge in [0.05, 0.1) is 12.0 Å². The van der Waals surface area contributed by atoms with Crippen LogP contribution in [0.5, 0.6) is 0 Å². The summed E-state index contributed by atoms with van der Waals surface area (Å²) in [5.74, 6) is 1.22. The Bertz CT molecular complexity index is 386. The van der Waals surface area contributed by atoms with E-state index >= 15 is 0 Å². The molecule has 0 N–H and O–H groups in total. The Morgan fingerprint density at radius 1 is 1.42 bits per heavy atom. The van der Waals surface area contributed by atoms with Crippen LogP contribution in [0.4, 0.5) is 0 Å². The molecule has 3 nitrogen and oxygen atoms in total. The molecule has 2 aliphatic heterocycles. The molecule has 4 atom stereocenters. The fourth-order valence-corrected chi connectivity index (χ4v) is 3.84. The number of amides is 1. The van der Waals surface area contributed by atoms with Gasteiger partial charge in [0, 0.05) is 12.8 Å². The van der Waals surface area contributed by atoms with Crippen molar-refractivity contribution in [1.29, 1.82) is 0 Å². The van der Waals surface area contributed by atoms with Gasteiger partial charge in [-0.25, -0.2) is 0 Å². The molecule has 0 aromatic carbocycles. The third kappa shape index (κ3) is 2.65. The molecule has 3 unspecified atom stereocenters. The van der Waals surface area contributed by atoms with Crippen molar-refractivity contribution >= 4 is 14.9 Å². The SMILES string of the molecule is CC1C=CN2C(=O)C([C@@H](CO[SiH](C)C)C(C)(C)C)C12. The minimum atomic E-state index is -1.03. The number of carbonyl (C=O) groups is 1. The molecule has 1 fully saturated rings. The van der Waals surface area contributed by atoms with E-state index in [9.17, 15) is 4.79 Å². The number of carbonyl (C=O) groups excluding carboxylic acids is 1. The van der Waals surface area contributed by atoms with E-state index in [0.717, 1.165) is 6.61 Å². The van der Waals surface area contributed by atoms with Gasteiger partial charge in [0.2, 0.25) is 5.91 Å². The smallest absolute Gasteiger partial charge is 0.232 e. The maximum atomic E-state index is 12.4. The molecule has 0 aliphatic carbocycles. The first-order valence-electron chi connectivity index (χ1n) is 7.35. The van der Waals surface area contributed by atoms with E-state index in [2.05, 4.69) is 46.9 Å². The van der Waals surface area contributed by atoms with Gasteiger partial charge in [0.1, 0.15) is 0 Å². The quantitative estimate of drug-likeness (QED) is 0.585. The van der Waals surface area contributed by atoms with Gasteiger partial charge in [0.25, 0.3) is 0 Å².